The van der Waals surface area contributed by atoms with Crippen molar-refractivity contribution in [1.82, 2.24) is 19.6 Å². The van der Waals surface area contributed by atoms with Crippen molar-refractivity contribution in [2.75, 3.05) is 5.32 Å². The number of halogens is 1. The fourth-order valence-corrected chi connectivity index (χ4v) is 3.94. The van der Waals surface area contributed by atoms with Gasteiger partial charge in [0.1, 0.15) is 11.4 Å². The second-order valence-corrected chi connectivity index (χ2v) is 8.41. The molecule has 0 saturated carbocycles. The van der Waals surface area contributed by atoms with Crippen LogP contribution in [0.25, 0.3) is 0 Å². The molecule has 0 spiro atoms. The van der Waals surface area contributed by atoms with Gasteiger partial charge >= 0.3 is 5.69 Å². The summed E-state index contributed by atoms with van der Waals surface area (Å²) in [6.07, 6.45) is 0. The number of rotatable bonds is 7. The molecule has 174 valence electrons. The monoisotopic (exact) mass is 478 g/mol. The van der Waals surface area contributed by atoms with E-state index >= 15 is 0 Å². The smallest absolute Gasteiger partial charge is 0.305 e. The van der Waals surface area contributed by atoms with Gasteiger partial charge in [0.05, 0.1) is 18.0 Å². The van der Waals surface area contributed by atoms with Crippen molar-refractivity contribution < 1.29 is 9.72 Å². The van der Waals surface area contributed by atoms with Gasteiger partial charge in [-0.3, -0.25) is 24.3 Å². The molecule has 1 N–H and O–H groups in total. The Kier molecular flexibility index (Phi) is 6.47. The zero-order valence-corrected chi connectivity index (χ0v) is 19.7. The van der Waals surface area contributed by atoms with Crippen molar-refractivity contribution in [2.45, 2.75) is 33.9 Å². The first-order chi connectivity index (χ1) is 16.2. The molecular formula is C24H23ClN6O3. The molecule has 0 saturated heterocycles. The number of carbonyl (C=O) groups is 1. The van der Waals surface area contributed by atoms with Crippen LogP contribution in [0.1, 0.15) is 38.6 Å². The maximum absolute atomic E-state index is 12.7. The quantitative estimate of drug-likeness (QED) is 0.300. The second kappa shape index (κ2) is 9.48. The molecule has 4 aromatic rings. The lowest BCUT2D eigenvalue weighted by Crippen LogP contribution is -2.13. The van der Waals surface area contributed by atoms with Crippen LogP contribution in [-0.2, 0) is 13.1 Å². The molecule has 10 heteroatoms. The van der Waals surface area contributed by atoms with Gasteiger partial charge in [0, 0.05) is 22.3 Å². The Labute approximate surface area is 201 Å². The Balaban J connectivity index is 1.43. The highest BCUT2D eigenvalue weighted by molar-refractivity contribution is 6.31. The standard InChI is InChI=1S/C24H23ClN6O3/c1-15-12-22(28-29(15)14-20-6-4-5-7-21(20)25)26-24(32)19-10-8-18(9-11-19)13-30-17(3)23(31(33)34)16(2)27-30/h4-12H,13-14H2,1-3H3,(H,26,28,32). The minimum atomic E-state index is -0.418. The van der Waals surface area contributed by atoms with Crippen molar-refractivity contribution >= 4 is 29.0 Å². The number of carbonyl (C=O) groups excluding carboxylic acids is 1. The van der Waals surface area contributed by atoms with Gasteiger partial charge in [-0.2, -0.15) is 10.2 Å². The topological polar surface area (TPSA) is 108 Å². The second-order valence-electron chi connectivity index (χ2n) is 8.01. The molecule has 2 aromatic heterocycles. The number of amides is 1. The van der Waals surface area contributed by atoms with Crippen LogP contribution in [0.5, 0.6) is 0 Å². The van der Waals surface area contributed by atoms with Crippen molar-refractivity contribution in [3.63, 3.8) is 0 Å². The van der Waals surface area contributed by atoms with E-state index in [0.29, 0.717) is 40.9 Å². The molecule has 9 nitrogen and oxygen atoms in total. The number of benzene rings is 2. The van der Waals surface area contributed by atoms with Crippen LogP contribution in [0.15, 0.2) is 54.6 Å². The van der Waals surface area contributed by atoms with E-state index in [1.807, 2.05) is 31.2 Å². The summed E-state index contributed by atoms with van der Waals surface area (Å²) in [5.41, 5.74) is 4.08. The summed E-state index contributed by atoms with van der Waals surface area (Å²) in [6.45, 7) is 6.07. The van der Waals surface area contributed by atoms with Gasteiger partial charge in [0.15, 0.2) is 5.82 Å². The molecule has 34 heavy (non-hydrogen) atoms. The molecule has 2 aromatic carbocycles. The van der Waals surface area contributed by atoms with E-state index in [4.69, 9.17) is 11.6 Å². The normalized spacial score (nSPS) is 10.9. The Hall–Kier alpha value is -3.98. The maximum Gasteiger partial charge on any atom is 0.312 e. The molecule has 0 atom stereocenters. The molecule has 0 radical (unpaired) electrons. The lowest BCUT2D eigenvalue weighted by Gasteiger charge is -2.07. The number of hydrogen-bond acceptors (Lipinski definition) is 5. The maximum atomic E-state index is 12.7. The predicted octanol–water partition coefficient (Wildman–Crippen LogP) is 4.92. The summed E-state index contributed by atoms with van der Waals surface area (Å²) in [4.78, 5) is 23.5. The van der Waals surface area contributed by atoms with E-state index in [9.17, 15) is 14.9 Å². The molecule has 0 aliphatic carbocycles. The zero-order chi connectivity index (χ0) is 24.4. The molecule has 0 bridgehead atoms. The average Bonchev–Trinajstić information content (AvgIpc) is 3.27. The summed E-state index contributed by atoms with van der Waals surface area (Å²) in [6, 6.07) is 16.4. The fourth-order valence-electron chi connectivity index (χ4n) is 3.75. The number of nitro groups is 1. The van der Waals surface area contributed by atoms with Crippen LogP contribution in [-0.4, -0.2) is 30.4 Å². The fraction of sp³-hybridized carbons (Fsp3) is 0.208. The SMILES string of the molecule is Cc1nn(Cc2ccc(C(=O)Nc3cc(C)n(Cc4ccccc4Cl)n3)cc2)c(C)c1[N+](=O)[O-]. The van der Waals surface area contributed by atoms with Gasteiger partial charge in [-0.25, -0.2) is 0 Å². The lowest BCUT2D eigenvalue weighted by molar-refractivity contribution is -0.386. The van der Waals surface area contributed by atoms with E-state index < -0.39 is 4.92 Å². The van der Waals surface area contributed by atoms with E-state index in [2.05, 4.69) is 15.5 Å². The number of anilines is 1. The van der Waals surface area contributed by atoms with E-state index in [1.165, 1.54) is 0 Å². The molecule has 0 fully saturated rings. The summed E-state index contributed by atoms with van der Waals surface area (Å²) in [5, 5.41) is 23.4. The molecule has 1 amide bonds. The highest BCUT2D eigenvalue weighted by atomic mass is 35.5. The molecule has 0 aliphatic rings. The van der Waals surface area contributed by atoms with E-state index in [-0.39, 0.29) is 11.6 Å². The van der Waals surface area contributed by atoms with Crippen molar-refractivity contribution in [3.05, 3.63) is 104 Å². The van der Waals surface area contributed by atoms with Crippen LogP contribution in [0, 0.1) is 30.9 Å². The van der Waals surface area contributed by atoms with Gasteiger partial charge in [0.25, 0.3) is 5.91 Å². The van der Waals surface area contributed by atoms with Crippen LogP contribution in [0.4, 0.5) is 11.5 Å². The Morgan fingerprint density at radius 2 is 1.74 bits per heavy atom. The zero-order valence-electron chi connectivity index (χ0n) is 18.9. The van der Waals surface area contributed by atoms with Gasteiger partial charge < -0.3 is 5.32 Å². The molecular weight excluding hydrogens is 456 g/mol. The first-order valence-electron chi connectivity index (χ1n) is 10.6. The summed E-state index contributed by atoms with van der Waals surface area (Å²) >= 11 is 6.25. The third-order valence-electron chi connectivity index (χ3n) is 5.58. The molecule has 2 heterocycles. The summed E-state index contributed by atoms with van der Waals surface area (Å²) in [7, 11) is 0. The van der Waals surface area contributed by atoms with Crippen LogP contribution < -0.4 is 5.32 Å². The number of nitrogens with zero attached hydrogens (tertiary/aromatic N) is 5. The largest absolute Gasteiger partial charge is 0.312 e. The summed E-state index contributed by atoms with van der Waals surface area (Å²) in [5.74, 6) is 0.171. The molecule has 0 unspecified atom stereocenters. The first kappa shape index (κ1) is 23.2. The van der Waals surface area contributed by atoms with Gasteiger partial charge in [-0.1, -0.05) is 41.9 Å². The highest BCUT2D eigenvalue weighted by Crippen LogP contribution is 2.23. The molecule has 0 aliphatic heterocycles. The first-order valence-corrected chi connectivity index (χ1v) is 11.0. The van der Waals surface area contributed by atoms with Gasteiger partial charge in [-0.05, 0) is 50.1 Å². The van der Waals surface area contributed by atoms with E-state index in [0.717, 1.165) is 16.8 Å². The van der Waals surface area contributed by atoms with Gasteiger partial charge in [-0.15, -0.1) is 0 Å². The summed E-state index contributed by atoms with van der Waals surface area (Å²) < 4.78 is 3.38. The van der Waals surface area contributed by atoms with Crippen molar-refractivity contribution in [2.24, 2.45) is 0 Å². The lowest BCUT2D eigenvalue weighted by atomic mass is 10.1. The Bertz CT molecular complexity index is 1370. The number of aryl methyl sites for hydroxylation is 2. The van der Waals surface area contributed by atoms with Crippen molar-refractivity contribution in [3.8, 4) is 0 Å². The number of aromatic nitrogens is 4. The minimum absolute atomic E-state index is 0.0280. The Morgan fingerprint density at radius 3 is 2.38 bits per heavy atom. The minimum Gasteiger partial charge on any atom is -0.305 e. The average molecular weight is 479 g/mol. The molecule has 4 rings (SSSR count). The van der Waals surface area contributed by atoms with Crippen LogP contribution >= 0.6 is 11.6 Å². The van der Waals surface area contributed by atoms with Crippen molar-refractivity contribution in [1.29, 1.82) is 0 Å². The van der Waals surface area contributed by atoms with Crippen LogP contribution in [0.2, 0.25) is 5.02 Å². The third kappa shape index (κ3) is 4.84. The van der Waals surface area contributed by atoms with Crippen LogP contribution in [0.3, 0.4) is 0 Å². The predicted molar refractivity (Wildman–Crippen MR) is 129 cm³/mol. The Morgan fingerprint density at radius 1 is 1.03 bits per heavy atom. The number of nitrogens with one attached hydrogen (secondary N) is 1. The number of hydrogen-bond donors (Lipinski definition) is 1. The highest BCUT2D eigenvalue weighted by Gasteiger charge is 2.21. The van der Waals surface area contributed by atoms with Gasteiger partial charge in [0.2, 0.25) is 0 Å². The van der Waals surface area contributed by atoms with E-state index in [1.54, 1.807) is 53.5 Å². The third-order valence-corrected chi connectivity index (χ3v) is 5.94.